The zero-order valence-corrected chi connectivity index (χ0v) is 16.4. The van der Waals surface area contributed by atoms with Gasteiger partial charge >= 0.3 is 0 Å². The molecule has 136 valence electrons. The first kappa shape index (κ1) is 21.6. The van der Waals surface area contributed by atoms with E-state index in [2.05, 4.69) is 15.2 Å². The summed E-state index contributed by atoms with van der Waals surface area (Å²) in [6, 6.07) is 1.70. The van der Waals surface area contributed by atoms with Crippen molar-refractivity contribution in [1.82, 2.24) is 15.2 Å². The van der Waals surface area contributed by atoms with E-state index in [0.717, 1.165) is 31.4 Å². The summed E-state index contributed by atoms with van der Waals surface area (Å²) in [5.41, 5.74) is 0. The van der Waals surface area contributed by atoms with E-state index in [1.54, 1.807) is 12.3 Å². The Bertz CT molecular complexity index is 548. The molecule has 0 spiro atoms. The van der Waals surface area contributed by atoms with Crippen LogP contribution in [-0.4, -0.2) is 55.1 Å². The maximum atomic E-state index is 12.1. The van der Waals surface area contributed by atoms with E-state index >= 15 is 0 Å². The minimum atomic E-state index is 0. The molecule has 0 unspecified atom stereocenters. The summed E-state index contributed by atoms with van der Waals surface area (Å²) in [7, 11) is 0. The fourth-order valence-electron chi connectivity index (χ4n) is 2.62. The molecule has 24 heavy (non-hydrogen) atoms. The maximum absolute atomic E-state index is 12.1. The smallest absolute Gasteiger partial charge is 0.236 e. The Kier molecular flexibility index (Phi) is 8.88. The van der Waals surface area contributed by atoms with Crippen molar-refractivity contribution in [2.75, 3.05) is 44.2 Å². The lowest BCUT2D eigenvalue weighted by molar-refractivity contribution is -0.130. The summed E-state index contributed by atoms with van der Waals surface area (Å²) in [4.78, 5) is 20.4. The van der Waals surface area contributed by atoms with Crippen LogP contribution in [0.3, 0.4) is 0 Å². The van der Waals surface area contributed by atoms with Crippen molar-refractivity contribution in [2.24, 2.45) is 5.92 Å². The normalized spacial score (nSPS) is 17.1. The molecule has 1 N–H and O–H groups in total. The Morgan fingerprint density at radius 2 is 1.88 bits per heavy atom. The monoisotopic (exact) mass is 414 g/mol. The number of amides is 1. The number of rotatable bonds is 5. The molecule has 2 aliphatic rings. The molecule has 0 radical (unpaired) electrons. The topological polar surface area (TPSA) is 48.5 Å². The molecule has 1 aromatic heterocycles. The first-order valence-electron chi connectivity index (χ1n) is 7.68. The van der Waals surface area contributed by atoms with Crippen LogP contribution in [0.5, 0.6) is 0 Å². The largest absolute Gasteiger partial charge is 0.352 e. The fraction of sp³-hybridized carbons (Fsp3) is 0.600. The first-order chi connectivity index (χ1) is 10.6. The zero-order chi connectivity index (χ0) is 15.5. The van der Waals surface area contributed by atoms with Crippen molar-refractivity contribution in [3.05, 3.63) is 22.3 Å². The van der Waals surface area contributed by atoms with Gasteiger partial charge < -0.3 is 15.1 Å². The number of carbonyl (C=O) groups is 1. The van der Waals surface area contributed by atoms with Crippen LogP contribution in [0.25, 0.3) is 0 Å². The first-order valence-corrected chi connectivity index (χ1v) is 8.43. The second-order valence-electron chi connectivity index (χ2n) is 5.90. The predicted octanol–water partition coefficient (Wildman–Crippen LogP) is 2.88. The highest BCUT2D eigenvalue weighted by atomic mass is 35.5. The SMILES string of the molecule is Cl.Cl.O=C(CNCC1CC1)N1CCN(c2ncc(Cl)cc2Cl)CC1. The summed E-state index contributed by atoms with van der Waals surface area (Å²) in [6.07, 6.45) is 4.20. The van der Waals surface area contributed by atoms with Gasteiger partial charge in [0.05, 0.1) is 16.6 Å². The van der Waals surface area contributed by atoms with Gasteiger partial charge in [-0.1, -0.05) is 23.2 Å². The van der Waals surface area contributed by atoms with Gasteiger partial charge in [0.15, 0.2) is 0 Å². The summed E-state index contributed by atoms with van der Waals surface area (Å²) in [5.74, 6) is 1.71. The zero-order valence-electron chi connectivity index (χ0n) is 13.2. The van der Waals surface area contributed by atoms with Crippen LogP contribution in [0.4, 0.5) is 5.82 Å². The minimum absolute atomic E-state index is 0. The molecular formula is C15H22Cl4N4O. The Labute approximate surface area is 164 Å². The number of hydrogen-bond acceptors (Lipinski definition) is 4. The number of nitrogens with one attached hydrogen (secondary N) is 1. The van der Waals surface area contributed by atoms with Crippen LogP contribution in [0, 0.1) is 5.92 Å². The van der Waals surface area contributed by atoms with Crippen molar-refractivity contribution >= 4 is 59.7 Å². The van der Waals surface area contributed by atoms with Crippen LogP contribution in [0.15, 0.2) is 12.3 Å². The molecule has 1 aliphatic heterocycles. The van der Waals surface area contributed by atoms with Crippen LogP contribution < -0.4 is 10.2 Å². The lowest BCUT2D eigenvalue weighted by Gasteiger charge is -2.35. The van der Waals surface area contributed by atoms with E-state index in [-0.39, 0.29) is 30.7 Å². The lowest BCUT2D eigenvalue weighted by Crippen LogP contribution is -2.51. The number of pyridine rings is 1. The molecule has 2 fully saturated rings. The molecule has 1 saturated heterocycles. The third-order valence-electron chi connectivity index (χ3n) is 4.13. The second kappa shape index (κ2) is 9.88. The number of anilines is 1. The Morgan fingerprint density at radius 1 is 1.21 bits per heavy atom. The Balaban J connectivity index is 0.00000144. The van der Waals surface area contributed by atoms with Gasteiger partial charge in [-0.05, 0) is 31.4 Å². The lowest BCUT2D eigenvalue weighted by atomic mass is 10.3. The summed E-state index contributed by atoms with van der Waals surface area (Å²) < 4.78 is 0. The van der Waals surface area contributed by atoms with Crippen LogP contribution >= 0.6 is 48.0 Å². The Hall–Kier alpha value is -0.460. The summed E-state index contributed by atoms with van der Waals surface area (Å²) >= 11 is 12.1. The molecular weight excluding hydrogens is 394 g/mol. The van der Waals surface area contributed by atoms with Crippen LogP contribution in [0.1, 0.15) is 12.8 Å². The molecule has 1 aromatic rings. The van der Waals surface area contributed by atoms with Gasteiger partial charge in [-0.2, -0.15) is 0 Å². The fourth-order valence-corrected chi connectivity index (χ4v) is 3.12. The molecule has 0 bridgehead atoms. The molecule has 9 heteroatoms. The van der Waals surface area contributed by atoms with Crippen molar-refractivity contribution in [3.8, 4) is 0 Å². The highest BCUT2D eigenvalue weighted by Crippen LogP contribution is 2.28. The van der Waals surface area contributed by atoms with E-state index in [4.69, 9.17) is 23.2 Å². The van der Waals surface area contributed by atoms with Crippen LogP contribution in [-0.2, 0) is 4.79 Å². The van der Waals surface area contributed by atoms with Crippen molar-refractivity contribution < 1.29 is 4.79 Å². The van der Waals surface area contributed by atoms with Gasteiger partial charge in [0.1, 0.15) is 5.82 Å². The predicted molar refractivity (Wildman–Crippen MR) is 103 cm³/mol. The number of aromatic nitrogens is 1. The highest BCUT2D eigenvalue weighted by molar-refractivity contribution is 6.36. The van der Waals surface area contributed by atoms with Crippen molar-refractivity contribution in [1.29, 1.82) is 0 Å². The van der Waals surface area contributed by atoms with Gasteiger partial charge in [0.2, 0.25) is 5.91 Å². The van der Waals surface area contributed by atoms with E-state index in [1.807, 2.05) is 4.90 Å². The van der Waals surface area contributed by atoms with E-state index < -0.39 is 0 Å². The van der Waals surface area contributed by atoms with Gasteiger partial charge in [0, 0.05) is 32.4 Å². The number of halogens is 4. The second-order valence-corrected chi connectivity index (χ2v) is 6.74. The van der Waals surface area contributed by atoms with Gasteiger partial charge in [-0.25, -0.2) is 4.98 Å². The molecule has 5 nitrogen and oxygen atoms in total. The third-order valence-corrected chi connectivity index (χ3v) is 4.61. The standard InChI is InChI=1S/C15H20Cl2N4O.2ClH/c16-12-7-13(17)15(19-9-12)21-5-3-20(4-6-21)14(22)10-18-8-11-1-2-11;;/h7,9,11,18H,1-6,8,10H2;2*1H. The van der Waals surface area contributed by atoms with Crippen molar-refractivity contribution in [2.45, 2.75) is 12.8 Å². The van der Waals surface area contributed by atoms with E-state index in [1.165, 1.54) is 12.8 Å². The number of hydrogen-bond donors (Lipinski definition) is 1. The maximum Gasteiger partial charge on any atom is 0.236 e. The third kappa shape index (κ3) is 5.81. The minimum Gasteiger partial charge on any atom is -0.352 e. The van der Waals surface area contributed by atoms with E-state index in [0.29, 0.717) is 29.7 Å². The average Bonchev–Trinajstić information content (AvgIpc) is 3.32. The molecule has 3 rings (SSSR count). The summed E-state index contributed by atoms with van der Waals surface area (Å²) in [5, 5.41) is 4.34. The molecule has 1 aliphatic carbocycles. The van der Waals surface area contributed by atoms with Crippen LogP contribution in [0.2, 0.25) is 10.0 Å². The average molecular weight is 416 g/mol. The molecule has 1 saturated carbocycles. The Morgan fingerprint density at radius 3 is 2.46 bits per heavy atom. The molecule has 1 amide bonds. The number of piperazine rings is 1. The van der Waals surface area contributed by atoms with Gasteiger partial charge in [-0.3, -0.25) is 4.79 Å². The van der Waals surface area contributed by atoms with Crippen molar-refractivity contribution in [3.63, 3.8) is 0 Å². The highest BCUT2D eigenvalue weighted by Gasteiger charge is 2.24. The van der Waals surface area contributed by atoms with Gasteiger partial charge in [0.25, 0.3) is 0 Å². The molecule has 0 aromatic carbocycles. The van der Waals surface area contributed by atoms with E-state index in [9.17, 15) is 4.79 Å². The summed E-state index contributed by atoms with van der Waals surface area (Å²) in [6.45, 7) is 4.28. The quantitative estimate of drug-likeness (QED) is 0.803. The number of nitrogens with zero attached hydrogens (tertiary/aromatic N) is 3. The van der Waals surface area contributed by atoms with Gasteiger partial charge in [-0.15, -0.1) is 24.8 Å². The molecule has 2 heterocycles. The molecule has 0 atom stereocenters. The number of carbonyl (C=O) groups excluding carboxylic acids is 1.